The number of rotatable bonds is 6. The topological polar surface area (TPSA) is 21.3 Å². The van der Waals surface area contributed by atoms with Crippen LogP contribution in [0.2, 0.25) is 9.36 Å². The summed E-state index contributed by atoms with van der Waals surface area (Å²) in [5.41, 5.74) is 1.06. The summed E-state index contributed by atoms with van der Waals surface area (Å²) in [5, 5.41) is 4.21. The van der Waals surface area contributed by atoms with Gasteiger partial charge in [0.25, 0.3) is 0 Å². The fourth-order valence-electron chi connectivity index (χ4n) is 2.08. The Balaban J connectivity index is 2.44. The zero-order valence-electron chi connectivity index (χ0n) is 11.8. The molecule has 0 aliphatic rings. The predicted octanol–water partition coefficient (Wildman–Crippen LogP) is 5.92. The Hall–Kier alpha value is -0.260. The number of halogens is 3. The predicted molar refractivity (Wildman–Crippen MR) is 95.2 cm³/mol. The summed E-state index contributed by atoms with van der Waals surface area (Å²) in [7, 11) is 1.66. The highest BCUT2D eigenvalue weighted by atomic mass is 79.9. The van der Waals surface area contributed by atoms with Crippen molar-refractivity contribution in [3.63, 3.8) is 0 Å². The normalized spacial score (nSPS) is 12.4. The van der Waals surface area contributed by atoms with Gasteiger partial charge in [0, 0.05) is 19.9 Å². The molecule has 2 nitrogen and oxygen atoms in total. The summed E-state index contributed by atoms with van der Waals surface area (Å²) in [4.78, 5) is 1.14. The molecule has 0 aliphatic heterocycles. The molecule has 114 valence electrons. The van der Waals surface area contributed by atoms with Gasteiger partial charge in [-0.15, -0.1) is 11.3 Å². The first-order valence-corrected chi connectivity index (χ1v) is 8.95. The van der Waals surface area contributed by atoms with E-state index < -0.39 is 0 Å². The molecule has 0 aliphatic carbocycles. The number of nitrogens with one attached hydrogen (secondary N) is 1. The quantitative estimate of drug-likeness (QED) is 0.640. The number of benzene rings is 1. The van der Waals surface area contributed by atoms with E-state index in [1.165, 1.54) is 0 Å². The van der Waals surface area contributed by atoms with Crippen LogP contribution >= 0.6 is 50.5 Å². The molecular weight excluding hydrogens is 393 g/mol. The van der Waals surface area contributed by atoms with Crippen molar-refractivity contribution in [1.82, 2.24) is 5.32 Å². The van der Waals surface area contributed by atoms with E-state index in [4.69, 9.17) is 27.9 Å². The van der Waals surface area contributed by atoms with Gasteiger partial charge in [-0.2, -0.15) is 0 Å². The Morgan fingerprint density at radius 2 is 2.10 bits per heavy atom. The van der Waals surface area contributed by atoms with Gasteiger partial charge in [0.2, 0.25) is 0 Å². The highest BCUT2D eigenvalue weighted by Gasteiger charge is 2.21. The fraction of sp³-hybridized carbons (Fsp3) is 0.333. The van der Waals surface area contributed by atoms with Crippen LogP contribution in [0.4, 0.5) is 0 Å². The summed E-state index contributed by atoms with van der Waals surface area (Å²) in [6, 6.07) is 7.79. The van der Waals surface area contributed by atoms with E-state index in [1.807, 2.05) is 24.3 Å². The summed E-state index contributed by atoms with van der Waals surface area (Å²) in [5.74, 6) is 0.775. The van der Waals surface area contributed by atoms with Crippen molar-refractivity contribution < 1.29 is 4.74 Å². The van der Waals surface area contributed by atoms with Crippen LogP contribution in [0.25, 0.3) is 0 Å². The molecule has 1 unspecified atom stereocenters. The number of ether oxygens (including phenoxy) is 1. The zero-order chi connectivity index (χ0) is 15.4. The third-order valence-corrected chi connectivity index (χ3v) is 5.83. The van der Waals surface area contributed by atoms with Gasteiger partial charge in [0.1, 0.15) is 10.1 Å². The Bertz CT molecular complexity index is 598. The SMILES string of the molecule is CCCNC(c1cc(Br)c(Cl)s1)c1ccc(Cl)cc1OC. The van der Waals surface area contributed by atoms with Crippen molar-refractivity contribution in [1.29, 1.82) is 0 Å². The molecule has 0 radical (unpaired) electrons. The van der Waals surface area contributed by atoms with Crippen molar-refractivity contribution in [3.05, 3.63) is 48.5 Å². The maximum Gasteiger partial charge on any atom is 0.125 e. The molecule has 1 atom stereocenters. The van der Waals surface area contributed by atoms with E-state index in [2.05, 4.69) is 28.2 Å². The standard InChI is InChI=1S/C15H16BrCl2NOS/c1-3-6-19-14(13-8-11(16)15(18)21-13)10-5-4-9(17)7-12(10)20-2/h4-5,7-8,14,19H,3,6H2,1-2H3. The molecular formula is C15H16BrCl2NOS. The summed E-state index contributed by atoms with van der Waals surface area (Å²) >= 11 is 17.3. The number of thiophene rings is 1. The molecule has 1 aromatic carbocycles. The average molecular weight is 409 g/mol. The van der Waals surface area contributed by atoms with Crippen LogP contribution in [-0.2, 0) is 0 Å². The van der Waals surface area contributed by atoms with Crippen LogP contribution in [-0.4, -0.2) is 13.7 Å². The summed E-state index contributed by atoms with van der Waals surface area (Å²) < 4.78 is 7.15. The number of hydrogen-bond acceptors (Lipinski definition) is 3. The Morgan fingerprint density at radius 3 is 2.67 bits per heavy atom. The zero-order valence-corrected chi connectivity index (χ0v) is 15.7. The van der Waals surface area contributed by atoms with E-state index in [-0.39, 0.29) is 6.04 Å². The summed E-state index contributed by atoms with van der Waals surface area (Å²) in [6.45, 7) is 3.05. The lowest BCUT2D eigenvalue weighted by Gasteiger charge is -2.20. The number of hydrogen-bond donors (Lipinski definition) is 1. The van der Waals surface area contributed by atoms with E-state index in [0.29, 0.717) is 5.02 Å². The molecule has 0 spiro atoms. The molecule has 2 rings (SSSR count). The first-order chi connectivity index (χ1) is 10.1. The molecule has 2 aromatic rings. The van der Waals surface area contributed by atoms with Gasteiger partial charge in [0.05, 0.1) is 13.2 Å². The maximum atomic E-state index is 6.19. The molecule has 0 fully saturated rings. The van der Waals surface area contributed by atoms with Gasteiger partial charge < -0.3 is 10.1 Å². The highest BCUT2D eigenvalue weighted by molar-refractivity contribution is 9.10. The molecule has 21 heavy (non-hydrogen) atoms. The van der Waals surface area contributed by atoms with Crippen LogP contribution in [0.15, 0.2) is 28.7 Å². The van der Waals surface area contributed by atoms with Crippen molar-refractivity contribution >= 4 is 50.5 Å². The molecule has 0 saturated carbocycles. The molecule has 0 saturated heterocycles. The monoisotopic (exact) mass is 407 g/mol. The highest BCUT2D eigenvalue weighted by Crippen LogP contribution is 2.40. The van der Waals surface area contributed by atoms with Gasteiger partial charge in [-0.05, 0) is 47.1 Å². The van der Waals surface area contributed by atoms with Crippen molar-refractivity contribution in [2.45, 2.75) is 19.4 Å². The van der Waals surface area contributed by atoms with Crippen LogP contribution in [0.5, 0.6) is 5.75 Å². The van der Waals surface area contributed by atoms with Crippen molar-refractivity contribution in [2.75, 3.05) is 13.7 Å². The Kier molecular flexibility index (Phi) is 6.38. The Labute approximate surface area is 147 Å². The first-order valence-electron chi connectivity index (χ1n) is 6.58. The Morgan fingerprint density at radius 1 is 1.33 bits per heavy atom. The van der Waals surface area contributed by atoms with Crippen LogP contribution < -0.4 is 10.1 Å². The third-order valence-electron chi connectivity index (χ3n) is 3.05. The van der Waals surface area contributed by atoms with E-state index >= 15 is 0 Å². The first kappa shape index (κ1) is 17.1. The minimum atomic E-state index is 0.0333. The van der Waals surface area contributed by atoms with E-state index in [1.54, 1.807) is 18.4 Å². The fourth-order valence-corrected chi connectivity index (χ4v) is 4.07. The van der Waals surface area contributed by atoms with E-state index in [9.17, 15) is 0 Å². The largest absolute Gasteiger partial charge is 0.496 e. The second-order valence-electron chi connectivity index (χ2n) is 4.54. The van der Waals surface area contributed by atoms with Crippen LogP contribution in [0.1, 0.15) is 29.8 Å². The minimum Gasteiger partial charge on any atom is -0.496 e. The lowest BCUT2D eigenvalue weighted by atomic mass is 10.0. The number of methoxy groups -OCH3 is 1. The van der Waals surface area contributed by atoms with Crippen molar-refractivity contribution in [2.24, 2.45) is 0 Å². The van der Waals surface area contributed by atoms with Crippen molar-refractivity contribution in [3.8, 4) is 5.75 Å². The minimum absolute atomic E-state index is 0.0333. The molecule has 6 heteroatoms. The lowest BCUT2D eigenvalue weighted by molar-refractivity contribution is 0.404. The summed E-state index contributed by atoms with van der Waals surface area (Å²) in [6.07, 6.45) is 1.05. The third kappa shape index (κ3) is 4.14. The van der Waals surface area contributed by atoms with Gasteiger partial charge in [-0.1, -0.05) is 36.2 Å². The van der Waals surface area contributed by atoms with Gasteiger partial charge in [-0.25, -0.2) is 0 Å². The molecule has 1 aromatic heterocycles. The van der Waals surface area contributed by atoms with E-state index in [0.717, 1.165) is 38.0 Å². The lowest BCUT2D eigenvalue weighted by Crippen LogP contribution is -2.22. The van der Waals surface area contributed by atoms with Gasteiger partial charge in [0.15, 0.2) is 0 Å². The molecule has 1 N–H and O–H groups in total. The average Bonchev–Trinajstić information content (AvgIpc) is 2.80. The second-order valence-corrected chi connectivity index (χ2v) is 7.52. The maximum absolute atomic E-state index is 6.19. The molecule has 0 bridgehead atoms. The smallest absolute Gasteiger partial charge is 0.125 e. The molecule has 0 amide bonds. The molecule has 1 heterocycles. The second kappa shape index (κ2) is 7.84. The van der Waals surface area contributed by atoms with Crippen LogP contribution in [0.3, 0.4) is 0 Å². The van der Waals surface area contributed by atoms with Crippen LogP contribution in [0, 0.1) is 0 Å². The van der Waals surface area contributed by atoms with Gasteiger partial charge >= 0.3 is 0 Å². The van der Waals surface area contributed by atoms with Gasteiger partial charge in [-0.3, -0.25) is 0 Å².